The molecule has 3 aromatic rings. The van der Waals surface area contributed by atoms with Crippen molar-refractivity contribution in [1.29, 1.82) is 5.26 Å². The molecular weight excluding hydrogens is 479 g/mol. The summed E-state index contributed by atoms with van der Waals surface area (Å²) in [6, 6.07) is 11.7. The molecule has 0 aliphatic heterocycles. The van der Waals surface area contributed by atoms with E-state index in [-0.39, 0.29) is 34.9 Å². The van der Waals surface area contributed by atoms with Crippen LogP contribution >= 0.6 is 0 Å². The summed E-state index contributed by atoms with van der Waals surface area (Å²) in [4.78, 5) is 26.5. The first-order chi connectivity index (χ1) is 17.2. The molecule has 0 bridgehead atoms. The van der Waals surface area contributed by atoms with Crippen molar-refractivity contribution in [3.8, 4) is 28.7 Å². The number of carbonyl (C=O) groups is 1. The Kier molecular flexibility index (Phi) is 6.00. The van der Waals surface area contributed by atoms with E-state index < -0.39 is 15.7 Å². The highest BCUT2D eigenvalue weighted by molar-refractivity contribution is 7.89. The van der Waals surface area contributed by atoms with Gasteiger partial charge in [0.15, 0.2) is 21.4 Å². The Labute approximate surface area is 208 Å². The van der Waals surface area contributed by atoms with Gasteiger partial charge in [-0.3, -0.25) is 9.78 Å². The standard InChI is InChI=1S/C27H23FN4O3S/c1-15-19-7-8-21-24(20-5-3-4-6-23(20)28)31-27(16-9-10-30-18(11-16)14-36(2,34)35)32-25(21)22(19)12-17(13-29)26(15)33/h3-6,9-12,15,19,22H,7-8,14H2,1-2H3. The van der Waals surface area contributed by atoms with Crippen LogP contribution in [0.1, 0.15) is 36.2 Å². The molecule has 36 heavy (non-hydrogen) atoms. The molecule has 0 radical (unpaired) electrons. The van der Waals surface area contributed by atoms with Gasteiger partial charge < -0.3 is 0 Å². The summed E-state index contributed by atoms with van der Waals surface area (Å²) in [6.45, 7) is 1.84. The van der Waals surface area contributed by atoms with Gasteiger partial charge in [0.1, 0.15) is 11.9 Å². The summed E-state index contributed by atoms with van der Waals surface area (Å²) in [5, 5.41) is 9.56. The molecule has 9 heteroatoms. The van der Waals surface area contributed by atoms with Crippen molar-refractivity contribution in [2.75, 3.05) is 6.26 Å². The number of benzene rings is 1. The van der Waals surface area contributed by atoms with E-state index in [0.717, 1.165) is 11.8 Å². The second kappa shape index (κ2) is 9.03. The molecule has 3 atom stereocenters. The lowest BCUT2D eigenvalue weighted by atomic mass is 9.66. The van der Waals surface area contributed by atoms with Crippen molar-refractivity contribution in [1.82, 2.24) is 15.0 Å². The summed E-state index contributed by atoms with van der Waals surface area (Å²) in [5.74, 6) is -1.16. The number of pyridine rings is 1. The molecule has 182 valence electrons. The van der Waals surface area contributed by atoms with Gasteiger partial charge in [0.05, 0.1) is 28.4 Å². The Hall–Kier alpha value is -3.77. The molecule has 1 aromatic carbocycles. The molecule has 5 rings (SSSR count). The molecule has 2 aromatic heterocycles. The Morgan fingerprint density at radius 2 is 1.97 bits per heavy atom. The van der Waals surface area contributed by atoms with Gasteiger partial charge >= 0.3 is 0 Å². The lowest BCUT2D eigenvalue weighted by Crippen LogP contribution is -2.35. The molecular formula is C27H23FN4O3S. The van der Waals surface area contributed by atoms with Gasteiger partial charge in [-0.25, -0.2) is 22.8 Å². The van der Waals surface area contributed by atoms with Crippen LogP contribution in [0.3, 0.4) is 0 Å². The molecule has 0 amide bonds. The van der Waals surface area contributed by atoms with E-state index in [2.05, 4.69) is 4.98 Å². The fourth-order valence-electron chi connectivity index (χ4n) is 5.24. The number of fused-ring (bicyclic) bond motifs is 3. The Morgan fingerprint density at radius 3 is 2.69 bits per heavy atom. The zero-order chi connectivity index (χ0) is 25.6. The average Bonchev–Trinajstić information content (AvgIpc) is 2.84. The van der Waals surface area contributed by atoms with E-state index in [9.17, 15) is 22.9 Å². The third-order valence-electron chi connectivity index (χ3n) is 6.95. The molecule has 0 fully saturated rings. The van der Waals surface area contributed by atoms with Crippen molar-refractivity contribution in [2.24, 2.45) is 11.8 Å². The minimum absolute atomic E-state index is 0.0310. The van der Waals surface area contributed by atoms with Crippen LogP contribution in [0.15, 0.2) is 54.2 Å². The Balaban J connectivity index is 1.75. The largest absolute Gasteiger partial charge is 0.293 e. The van der Waals surface area contributed by atoms with Gasteiger partial charge in [-0.15, -0.1) is 0 Å². The highest BCUT2D eigenvalue weighted by Crippen LogP contribution is 2.47. The molecule has 3 unspecified atom stereocenters. The minimum Gasteiger partial charge on any atom is -0.293 e. The van der Waals surface area contributed by atoms with Gasteiger partial charge in [0.2, 0.25) is 0 Å². The number of ketones is 1. The van der Waals surface area contributed by atoms with E-state index in [4.69, 9.17) is 9.97 Å². The molecule has 2 aliphatic rings. The van der Waals surface area contributed by atoms with Crippen LogP contribution in [0.4, 0.5) is 4.39 Å². The second-order valence-corrected chi connectivity index (χ2v) is 11.6. The lowest BCUT2D eigenvalue weighted by molar-refractivity contribution is -0.120. The van der Waals surface area contributed by atoms with Gasteiger partial charge in [0.25, 0.3) is 0 Å². The molecule has 0 saturated carbocycles. The van der Waals surface area contributed by atoms with Crippen LogP contribution < -0.4 is 0 Å². The molecule has 2 aliphatic carbocycles. The number of Topliss-reactive ketones (excluding diaryl/α,β-unsaturated/α-hetero) is 1. The topological polar surface area (TPSA) is 114 Å². The lowest BCUT2D eigenvalue weighted by Gasteiger charge is -2.38. The van der Waals surface area contributed by atoms with Crippen LogP contribution in [0, 0.1) is 29.0 Å². The van der Waals surface area contributed by atoms with Crippen LogP contribution in [-0.4, -0.2) is 35.4 Å². The van der Waals surface area contributed by atoms with Crippen molar-refractivity contribution in [3.05, 3.63) is 77.0 Å². The van der Waals surface area contributed by atoms with E-state index in [0.29, 0.717) is 46.9 Å². The zero-order valence-electron chi connectivity index (χ0n) is 19.8. The SMILES string of the molecule is CC1C(=O)C(C#N)=CC2c3nc(-c4ccnc(CS(C)(=O)=O)c4)nc(-c4ccccc4F)c3CCC12. The van der Waals surface area contributed by atoms with Gasteiger partial charge in [0, 0.05) is 41.0 Å². The van der Waals surface area contributed by atoms with Gasteiger partial charge in [-0.05, 0) is 43.0 Å². The first-order valence-corrected chi connectivity index (χ1v) is 13.7. The summed E-state index contributed by atoms with van der Waals surface area (Å²) in [6.07, 6.45) is 5.59. The van der Waals surface area contributed by atoms with Crippen molar-refractivity contribution < 1.29 is 17.6 Å². The number of carbonyl (C=O) groups excluding carboxylic acids is 1. The third kappa shape index (κ3) is 4.33. The summed E-state index contributed by atoms with van der Waals surface area (Å²) >= 11 is 0. The van der Waals surface area contributed by atoms with E-state index in [1.165, 1.54) is 12.3 Å². The number of hydrogen-bond donors (Lipinski definition) is 0. The quantitative estimate of drug-likeness (QED) is 0.525. The highest BCUT2D eigenvalue weighted by atomic mass is 32.2. The monoisotopic (exact) mass is 502 g/mol. The number of rotatable bonds is 4. The van der Waals surface area contributed by atoms with Crippen molar-refractivity contribution in [2.45, 2.75) is 31.4 Å². The smallest absolute Gasteiger partial charge is 0.176 e. The van der Waals surface area contributed by atoms with E-state index in [1.807, 2.05) is 13.0 Å². The van der Waals surface area contributed by atoms with Crippen LogP contribution in [0.2, 0.25) is 0 Å². The predicted octanol–water partition coefficient (Wildman–Crippen LogP) is 4.20. The maximum absolute atomic E-state index is 15.0. The fraction of sp³-hybridized carbons (Fsp3) is 0.296. The number of nitrogens with zero attached hydrogens (tertiary/aromatic N) is 4. The van der Waals surface area contributed by atoms with Crippen molar-refractivity contribution >= 4 is 15.6 Å². The van der Waals surface area contributed by atoms with Gasteiger partial charge in [-0.1, -0.05) is 25.1 Å². The summed E-state index contributed by atoms with van der Waals surface area (Å²) in [5.41, 5.74) is 3.29. The number of nitriles is 1. The highest BCUT2D eigenvalue weighted by Gasteiger charge is 2.42. The maximum Gasteiger partial charge on any atom is 0.176 e. The van der Waals surface area contributed by atoms with E-state index >= 15 is 0 Å². The predicted molar refractivity (Wildman–Crippen MR) is 132 cm³/mol. The molecule has 0 saturated heterocycles. The van der Waals surface area contributed by atoms with E-state index in [1.54, 1.807) is 36.4 Å². The first kappa shape index (κ1) is 23.9. The molecule has 0 spiro atoms. The zero-order valence-corrected chi connectivity index (χ0v) is 20.6. The molecule has 0 N–H and O–H groups in total. The third-order valence-corrected chi connectivity index (χ3v) is 7.77. The summed E-state index contributed by atoms with van der Waals surface area (Å²) < 4.78 is 38.6. The molecule has 7 nitrogen and oxygen atoms in total. The average molecular weight is 503 g/mol. The van der Waals surface area contributed by atoms with Crippen LogP contribution in [-0.2, 0) is 26.8 Å². The normalized spacial score (nSPS) is 21.2. The summed E-state index contributed by atoms with van der Waals surface area (Å²) in [7, 11) is -3.31. The van der Waals surface area contributed by atoms with Gasteiger partial charge in [-0.2, -0.15) is 5.26 Å². The minimum atomic E-state index is -3.31. The van der Waals surface area contributed by atoms with Crippen LogP contribution in [0.25, 0.3) is 22.6 Å². The van der Waals surface area contributed by atoms with Crippen molar-refractivity contribution in [3.63, 3.8) is 0 Å². The molecule has 2 heterocycles. The number of hydrogen-bond acceptors (Lipinski definition) is 7. The first-order valence-electron chi connectivity index (χ1n) is 11.6. The van der Waals surface area contributed by atoms with Crippen LogP contribution in [0.5, 0.6) is 0 Å². The second-order valence-electron chi connectivity index (χ2n) is 9.42. The number of allylic oxidation sites excluding steroid dienone is 2. The number of halogens is 1. The Morgan fingerprint density at radius 1 is 1.19 bits per heavy atom. The fourth-order valence-corrected chi connectivity index (χ4v) is 5.94. The number of aromatic nitrogens is 3. The number of sulfone groups is 1. The Bertz CT molecular complexity index is 1580. The maximum atomic E-state index is 15.0.